The SMILES string of the molecule is Nc1ccccc1-c1[c-]cccc1.O=S(=O)(O)O.[Pd]. The molecule has 0 heterocycles. The van der Waals surface area contributed by atoms with Crippen LogP contribution in [0.15, 0.2) is 48.5 Å². The van der Waals surface area contributed by atoms with Crippen molar-refractivity contribution in [1.29, 1.82) is 0 Å². The molecule has 0 aliphatic heterocycles. The minimum atomic E-state index is -4.67. The molecular formula is C12H12NO4PdS-. The Morgan fingerprint density at radius 3 is 2.00 bits per heavy atom. The van der Waals surface area contributed by atoms with E-state index >= 15 is 0 Å². The molecule has 0 aliphatic rings. The van der Waals surface area contributed by atoms with Gasteiger partial charge in [0.15, 0.2) is 0 Å². The molecule has 0 unspecified atom stereocenters. The zero-order valence-electron chi connectivity index (χ0n) is 9.63. The van der Waals surface area contributed by atoms with Gasteiger partial charge >= 0.3 is 10.4 Å². The fraction of sp³-hybridized carbons (Fsp3) is 0. The number of anilines is 1. The van der Waals surface area contributed by atoms with E-state index in [0.717, 1.165) is 16.8 Å². The first-order chi connectivity index (χ1) is 8.38. The third-order valence-corrected chi connectivity index (χ3v) is 1.96. The van der Waals surface area contributed by atoms with Gasteiger partial charge in [-0.05, 0) is 11.8 Å². The number of nitrogens with two attached hydrogens (primary N) is 1. The number of hydrogen-bond acceptors (Lipinski definition) is 3. The van der Waals surface area contributed by atoms with Gasteiger partial charge in [0.05, 0.1) is 0 Å². The Morgan fingerprint density at radius 1 is 1.00 bits per heavy atom. The smallest absolute Gasteiger partial charge is 0.394 e. The summed E-state index contributed by atoms with van der Waals surface area (Å²) in [5.41, 5.74) is 8.72. The molecule has 106 valence electrons. The molecule has 0 atom stereocenters. The van der Waals surface area contributed by atoms with Gasteiger partial charge in [-0.25, -0.2) is 0 Å². The first-order valence-electron chi connectivity index (χ1n) is 4.89. The molecule has 7 heteroatoms. The Kier molecular flexibility index (Phi) is 7.53. The van der Waals surface area contributed by atoms with Crippen LogP contribution < -0.4 is 5.73 Å². The van der Waals surface area contributed by atoms with Crippen molar-refractivity contribution < 1.29 is 37.9 Å². The maximum Gasteiger partial charge on any atom is 0.394 e. The fourth-order valence-electron chi connectivity index (χ4n) is 1.30. The van der Waals surface area contributed by atoms with Gasteiger partial charge < -0.3 is 5.73 Å². The van der Waals surface area contributed by atoms with Crippen molar-refractivity contribution in [3.63, 3.8) is 0 Å². The molecule has 0 saturated heterocycles. The van der Waals surface area contributed by atoms with E-state index in [2.05, 4.69) is 6.07 Å². The van der Waals surface area contributed by atoms with Crippen molar-refractivity contribution >= 4 is 16.1 Å². The molecule has 0 aromatic heterocycles. The van der Waals surface area contributed by atoms with Gasteiger partial charge in [-0.3, -0.25) is 9.11 Å². The van der Waals surface area contributed by atoms with Gasteiger partial charge in [0, 0.05) is 20.4 Å². The van der Waals surface area contributed by atoms with Gasteiger partial charge in [0.2, 0.25) is 0 Å². The molecule has 2 aromatic rings. The molecule has 2 aromatic carbocycles. The molecule has 19 heavy (non-hydrogen) atoms. The third-order valence-electron chi connectivity index (χ3n) is 1.96. The maximum absolute atomic E-state index is 8.74. The Labute approximate surface area is 125 Å². The summed E-state index contributed by atoms with van der Waals surface area (Å²) in [4.78, 5) is 0. The van der Waals surface area contributed by atoms with E-state index in [1.54, 1.807) is 0 Å². The second kappa shape index (κ2) is 8.05. The number of hydrogen-bond donors (Lipinski definition) is 3. The number of benzene rings is 2. The standard InChI is InChI=1S/C12H10N.H2O4S.Pd/c13-12-9-5-4-8-11(12)10-6-2-1-3-7-10;1-5(2,3)4;/h1-6,8-9H,13H2;(H2,1,2,3,4);/q-1;;. The summed E-state index contributed by atoms with van der Waals surface area (Å²) in [6.45, 7) is 0. The molecule has 0 amide bonds. The monoisotopic (exact) mass is 372 g/mol. The van der Waals surface area contributed by atoms with Crippen molar-refractivity contribution in [3.8, 4) is 11.1 Å². The van der Waals surface area contributed by atoms with Crippen LogP contribution in [0.1, 0.15) is 0 Å². The third kappa shape index (κ3) is 7.72. The zero-order valence-corrected chi connectivity index (χ0v) is 12.0. The van der Waals surface area contributed by atoms with Crippen molar-refractivity contribution in [2.45, 2.75) is 0 Å². The van der Waals surface area contributed by atoms with E-state index in [1.165, 1.54) is 0 Å². The Morgan fingerprint density at radius 2 is 1.53 bits per heavy atom. The Hall–Kier alpha value is -1.23. The predicted octanol–water partition coefficient (Wildman–Crippen LogP) is 2.08. The maximum atomic E-state index is 8.74. The number of nitrogen functional groups attached to an aromatic ring is 1. The molecule has 2 rings (SSSR count). The van der Waals surface area contributed by atoms with Crippen LogP contribution in [-0.4, -0.2) is 17.5 Å². The molecule has 4 N–H and O–H groups in total. The minimum absolute atomic E-state index is 0. The normalized spacial score (nSPS) is 9.79. The predicted molar refractivity (Wildman–Crippen MR) is 69.3 cm³/mol. The van der Waals surface area contributed by atoms with E-state index in [0.29, 0.717) is 0 Å². The summed E-state index contributed by atoms with van der Waals surface area (Å²) in [6.07, 6.45) is 0. The minimum Gasteiger partial charge on any atom is -0.406 e. The van der Waals surface area contributed by atoms with Crippen molar-refractivity contribution in [1.82, 2.24) is 0 Å². The number of para-hydroxylation sites is 1. The first kappa shape index (κ1) is 17.8. The van der Waals surface area contributed by atoms with E-state index in [-0.39, 0.29) is 20.4 Å². The van der Waals surface area contributed by atoms with Crippen LogP contribution in [0.4, 0.5) is 5.69 Å². The van der Waals surface area contributed by atoms with E-state index in [1.807, 2.05) is 48.5 Å². The van der Waals surface area contributed by atoms with Crippen LogP contribution in [0.5, 0.6) is 0 Å². The van der Waals surface area contributed by atoms with Crippen molar-refractivity contribution in [2.24, 2.45) is 0 Å². The summed E-state index contributed by atoms with van der Waals surface area (Å²) < 4.78 is 31.6. The van der Waals surface area contributed by atoms with Crippen LogP contribution >= 0.6 is 0 Å². The van der Waals surface area contributed by atoms with Gasteiger partial charge in [-0.1, -0.05) is 23.8 Å². The molecule has 0 saturated carbocycles. The Balaban J connectivity index is 0.000000471. The van der Waals surface area contributed by atoms with E-state index in [4.69, 9.17) is 23.3 Å². The summed E-state index contributed by atoms with van der Waals surface area (Å²) in [5, 5.41) is 0. The van der Waals surface area contributed by atoms with Gasteiger partial charge in [-0.15, -0.1) is 35.9 Å². The Bertz CT molecular complexity index is 594. The average Bonchev–Trinajstić information content (AvgIpc) is 2.29. The quantitative estimate of drug-likeness (QED) is 0.308. The van der Waals surface area contributed by atoms with Gasteiger partial charge in [0.25, 0.3) is 0 Å². The zero-order chi connectivity index (χ0) is 13.6. The van der Waals surface area contributed by atoms with Crippen LogP contribution in [-0.2, 0) is 30.8 Å². The van der Waals surface area contributed by atoms with Crippen molar-refractivity contribution in [2.75, 3.05) is 5.73 Å². The molecule has 0 radical (unpaired) electrons. The topological polar surface area (TPSA) is 101 Å². The first-order valence-corrected chi connectivity index (χ1v) is 6.29. The second-order valence-corrected chi connectivity index (χ2v) is 4.21. The molecule has 0 bridgehead atoms. The fourth-order valence-corrected chi connectivity index (χ4v) is 1.30. The molecule has 0 aliphatic carbocycles. The summed E-state index contributed by atoms with van der Waals surface area (Å²) >= 11 is 0. The molecule has 0 spiro atoms. The van der Waals surface area contributed by atoms with Gasteiger partial charge in [0.1, 0.15) is 0 Å². The summed E-state index contributed by atoms with van der Waals surface area (Å²) in [6, 6.07) is 18.8. The van der Waals surface area contributed by atoms with E-state index in [9.17, 15) is 0 Å². The largest absolute Gasteiger partial charge is 0.406 e. The van der Waals surface area contributed by atoms with Crippen molar-refractivity contribution in [3.05, 3.63) is 54.6 Å². The summed E-state index contributed by atoms with van der Waals surface area (Å²) in [5.74, 6) is 0. The van der Waals surface area contributed by atoms with Crippen LogP contribution in [0, 0.1) is 6.07 Å². The van der Waals surface area contributed by atoms with Gasteiger partial charge in [-0.2, -0.15) is 8.42 Å². The molecule has 5 nitrogen and oxygen atoms in total. The van der Waals surface area contributed by atoms with Crippen LogP contribution in [0.25, 0.3) is 11.1 Å². The van der Waals surface area contributed by atoms with E-state index < -0.39 is 10.4 Å². The second-order valence-electron chi connectivity index (χ2n) is 3.31. The van der Waals surface area contributed by atoms with Crippen LogP contribution in [0.3, 0.4) is 0 Å². The molecular weight excluding hydrogens is 361 g/mol. The molecule has 0 fully saturated rings. The van der Waals surface area contributed by atoms with Crippen LogP contribution in [0.2, 0.25) is 0 Å². The number of rotatable bonds is 1. The summed E-state index contributed by atoms with van der Waals surface area (Å²) in [7, 11) is -4.67. The average molecular weight is 373 g/mol.